The van der Waals surface area contributed by atoms with Gasteiger partial charge >= 0.3 is 0 Å². The molecular formula is C21H24O11. The summed E-state index contributed by atoms with van der Waals surface area (Å²) in [4.78, 5) is 0. The smallest absolute Gasteiger partial charge is 0.200 e. The summed E-state index contributed by atoms with van der Waals surface area (Å²) in [5.41, 5.74) is 0.463. The molecule has 0 saturated carbocycles. The number of aliphatic hydroxyl groups is 3. The molecule has 2 heterocycles. The lowest BCUT2D eigenvalue weighted by molar-refractivity contribution is -0.310. The van der Waals surface area contributed by atoms with Gasteiger partial charge in [-0.05, 0) is 19.1 Å². The average molecular weight is 452 g/mol. The van der Waals surface area contributed by atoms with Crippen molar-refractivity contribution in [2.24, 2.45) is 0 Å². The maximum absolute atomic E-state index is 10.3. The molecule has 11 nitrogen and oxygen atoms in total. The Morgan fingerprint density at radius 2 is 1.50 bits per heavy atom. The lowest BCUT2D eigenvalue weighted by atomic mass is 9.93. The van der Waals surface area contributed by atoms with Crippen LogP contribution in [-0.2, 0) is 15.9 Å². The first kappa shape index (κ1) is 22.2. The molecule has 4 rings (SSSR count). The predicted octanol–water partition coefficient (Wildman–Crippen LogP) is 0.103. The molecule has 32 heavy (non-hydrogen) atoms. The average Bonchev–Trinajstić information content (AvgIpc) is 2.73. The summed E-state index contributed by atoms with van der Waals surface area (Å²) in [6.45, 7) is 1.49. The van der Waals surface area contributed by atoms with Crippen LogP contribution in [0, 0.1) is 0 Å². The van der Waals surface area contributed by atoms with Crippen LogP contribution in [0.25, 0.3) is 0 Å². The molecule has 0 aromatic heterocycles. The minimum absolute atomic E-state index is 0.00583. The SMILES string of the molecule is CC1OC(OC2Cc3c(O)cc(O)cc3OC2c2cc(O)c(O)c(O)c2)C(O)C(O)C1O. The molecule has 2 aromatic rings. The zero-order chi connectivity index (χ0) is 23.3. The van der Waals surface area contributed by atoms with E-state index < -0.39 is 60.2 Å². The molecule has 1 fully saturated rings. The third-order valence-electron chi connectivity index (χ3n) is 5.70. The van der Waals surface area contributed by atoms with E-state index in [0.717, 1.165) is 18.2 Å². The molecule has 2 aliphatic heterocycles. The van der Waals surface area contributed by atoms with E-state index in [1.807, 2.05) is 0 Å². The fourth-order valence-corrected chi connectivity index (χ4v) is 3.94. The van der Waals surface area contributed by atoms with Crippen molar-refractivity contribution in [1.82, 2.24) is 0 Å². The van der Waals surface area contributed by atoms with Crippen LogP contribution in [-0.4, -0.2) is 77.7 Å². The van der Waals surface area contributed by atoms with E-state index in [1.54, 1.807) is 0 Å². The minimum Gasteiger partial charge on any atom is -0.508 e. The fraction of sp³-hybridized carbons (Fsp3) is 0.429. The third kappa shape index (κ3) is 3.85. The largest absolute Gasteiger partial charge is 0.508 e. The first-order valence-corrected chi connectivity index (χ1v) is 9.88. The number of benzene rings is 2. The van der Waals surface area contributed by atoms with Crippen molar-refractivity contribution in [3.63, 3.8) is 0 Å². The Balaban J connectivity index is 1.72. The maximum Gasteiger partial charge on any atom is 0.200 e. The number of phenols is 5. The number of ether oxygens (including phenoxy) is 3. The number of phenolic OH excluding ortho intramolecular Hbond substituents is 5. The van der Waals surface area contributed by atoms with E-state index in [9.17, 15) is 40.9 Å². The molecule has 0 bridgehead atoms. The lowest BCUT2D eigenvalue weighted by Crippen LogP contribution is -2.58. The van der Waals surface area contributed by atoms with Gasteiger partial charge in [-0.25, -0.2) is 0 Å². The van der Waals surface area contributed by atoms with Gasteiger partial charge in [-0.1, -0.05) is 0 Å². The summed E-state index contributed by atoms with van der Waals surface area (Å²) in [7, 11) is 0. The third-order valence-corrected chi connectivity index (χ3v) is 5.70. The number of aliphatic hydroxyl groups excluding tert-OH is 3. The number of hydrogen-bond donors (Lipinski definition) is 8. The first-order chi connectivity index (χ1) is 15.1. The van der Waals surface area contributed by atoms with E-state index in [2.05, 4.69) is 0 Å². The highest BCUT2D eigenvalue weighted by molar-refractivity contribution is 5.54. The molecule has 0 radical (unpaired) electrons. The molecule has 1 saturated heterocycles. The van der Waals surface area contributed by atoms with Crippen LogP contribution in [0.15, 0.2) is 24.3 Å². The number of hydrogen-bond acceptors (Lipinski definition) is 11. The van der Waals surface area contributed by atoms with Gasteiger partial charge in [0.25, 0.3) is 0 Å². The van der Waals surface area contributed by atoms with Gasteiger partial charge < -0.3 is 55.1 Å². The Hall–Kier alpha value is -2.96. The van der Waals surface area contributed by atoms with Gasteiger partial charge in [-0.3, -0.25) is 0 Å². The summed E-state index contributed by atoms with van der Waals surface area (Å²) >= 11 is 0. The minimum atomic E-state index is -1.60. The molecule has 7 unspecified atom stereocenters. The second kappa shape index (κ2) is 8.19. The zero-order valence-corrected chi connectivity index (χ0v) is 16.9. The number of fused-ring (bicyclic) bond motifs is 1. The van der Waals surface area contributed by atoms with E-state index in [-0.39, 0.29) is 34.8 Å². The summed E-state index contributed by atoms with van der Waals surface area (Å²) in [5.74, 6) is -2.37. The van der Waals surface area contributed by atoms with Gasteiger partial charge in [-0.2, -0.15) is 0 Å². The highest BCUT2D eigenvalue weighted by Crippen LogP contribution is 2.46. The number of aromatic hydroxyl groups is 5. The van der Waals surface area contributed by atoms with E-state index in [1.165, 1.54) is 13.0 Å². The van der Waals surface area contributed by atoms with E-state index in [4.69, 9.17) is 14.2 Å². The Morgan fingerprint density at radius 1 is 0.844 bits per heavy atom. The summed E-state index contributed by atoms with van der Waals surface area (Å²) in [5, 5.41) is 79.9. The van der Waals surface area contributed by atoms with Crippen LogP contribution in [0.5, 0.6) is 34.5 Å². The first-order valence-electron chi connectivity index (χ1n) is 9.88. The standard InChI is InChI=1S/C21H24O11/c1-7-16(26)18(28)19(29)21(30-7)32-15-6-10-11(23)4-9(22)5-14(10)31-20(15)8-2-12(24)17(27)13(25)3-8/h2-5,7,15-16,18-29H,6H2,1H3. The Kier molecular flexibility index (Phi) is 5.69. The van der Waals surface area contributed by atoms with E-state index >= 15 is 0 Å². The lowest BCUT2D eigenvalue weighted by Gasteiger charge is -2.42. The molecule has 174 valence electrons. The van der Waals surface area contributed by atoms with Gasteiger partial charge in [-0.15, -0.1) is 0 Å². The van der Waals surface area contributed by atoms with Crippen LogP contribution >= 0.6 is 0 Å². The van der Waals surface area contributed by atoms with Crippen molar-refractivity contribution < 1.29 is 55.1 Å². The van der Waals surface area contributed by atoms with Crippen molar-refractivity contribution in [2.75, 3.05) is 0 Å². The van der Waals surface area contributed by atoms with Crippen LogP contribution in [0.4, 0.5) is 0 Å². The van der Waals surface area contributed by atoms with Gasteiger partial charge in [0.1, 0.15) is 41.7 Å². The molecule has 0 spiro atoms. The second-order valence-electron chi connectivity index (χ2n) is 7.95. The molecule has 8 N–H and O–H groups in total. The normalized spacial score (nSPS) is 32.2. The fourth-order valence-electron chi connectivity index (χ4n) is 3.94. The molecule has 0 aliphatic carbocycles. The highest BCUT2D eigenvalue weighted by Gasteiger charge is 2.45. The molecule has 2 aliphatic rings. The van der Waals surface area contributed by atoms with Crippen molar-refractivity contribution in [3.8, 4) is 34.5 Å². The molecule has 11 heteroatoms. The van der Waals surface area contributed by atoms with Gasteiger partial charge in [0.2, 0.25) is 0 Å². The maximum atomic E-state index is 10.3. The summed E-state index contributed by atoms with van der Waals surface area (Å²) < 4.78 is 17.3. The topological polar surface area (TPSA) is 190 Å². The highest BCUT2D eigenvalue weighted by atomic mass is 16.7. The zero-order valence-electron chi connectivity index (χ0n) is 16.9. The van der Waals surface area contributed by atoms with Crippen LogP contribution < -0.4 is 4.74 Å². The Bertz CT molecular complexity index is 986. The molecular weight excluding hydrogens is 428 g/mol. The quantitative estimate of drug-likeness (QED) is 0.295. The Labute approximate surface area is 181 Å². The Morgan fingerprint density at radius 3 is 2.16 bits per heavy atom. The van der Waals surface area contributed by atoms with Crippen molar-refractivity contribution >= 4 is 0 Å². The van der Waals surface area contributed by atoms with Crippen LogP contribution in [0.3, 0.4) is 0 Å². The van der Waals surface area contributed by atoms with Gasteiger partial charge in [0.15, 0.2) is 29.6 Å². The predicted molar refractivity (Wildman–Crippen MR) is 106 cm³/mol. The second-order valence-corrected chi connectivity index (χ2v) is 7.95. The van der Waals surface area contributed by atoms with Gasteiger partial charge in [0, 0.05) is 29.7 Å². The van der Waals surface area contributed by atoms with Crippen LogP contribution in [0.2, 0.25) is 0 Å². The number of rotatable bonds is 3. The molecule has 2 aromatic carbocycles. The van der Waals surface area contributed by atoms with Crippen LogP contribution in [0.1, 0.15) is 24.2 Å². The summed E-state index contributed by atoms with van der Waals surface area (Å²) in [6.07, 6.45) is -8.76. The van der Waals surface area contributed by atoms with E-state index in [0.29, 0.717) is 0 Å². The summed E-state index contributed by atoms with van der Waals surface area (Å²) in [6, 6.07) is 4.67. The molecule has 0 amide bonds. The van der Waals surface area contributed by atoms with Crippen molar-refractivity contribution in [3.05, 3.63) is 35.4 Å². The monoisotopic (exact) mass is 452 g/mol. The van der Waals surface area contributed by atoms with Crippen molar-refractivity contribution in [1.29, 1.82) is 0 Å². The van der Waals surface area contributed by atoms with Crippen molar-refractivity contribution in [2.45, 2.75) is 56.3 Å². The van der Waals surface area contributed by atoms with Gasteiger partial charge in [0.05, 0.1) is 6.10 Å². The molecule has 7 atom stereocenters.